The van der Waals surface area contributed by atoms with Crippen LogP contribution >= 0.6 is 0 Å². The minimum absolute atomic E-state index is 0.0676. The van der Waals surface area contributed by atoms with E-state index in [2.05, 4.69) is 20.8 Å². The summed E-state index contributed by atoms with van der Waals surface area (Å²) >= 11 is 0. The molecule has 0 unspecified atom stereocenters. The second-order valence-corrected chi connectivity index (χ2v) is 6.45. The molecule has 1 saturated carbocycles. The van der Waals surface area contributed by atoms with Gasteiger partial charge in [-0.3, -0.25) is 9.59 Å². The quantitative estimate of drug-likeness (QED) is 0.691. The molecule has 0 heterocycles. The SMILES string of the molecule is COC(=O)C1CCC([C@H](C)CC(=O)CC(C)C)CC1. The van der Waals surface area contributed by atoms with Gasteiger partial charge in [0.1, 0.15) is 5.78 Å². The van der Waals surface area contributed by atoms with Gasteiger partial charge >= 0.3 is 5.97 Å². The number of methoxy groups -OCH3 is 1. The molecule has 0 N–H and O–H groups in total. The van der Waals surface area contributed by atoms with Crippen LogP contribution in [0, 0.1) is 23.7 Å². The van der Waals surface area contributed by atoms with Crippen molar-refractivity contribution in [2.75, 3.05) is 7.11 Å². The number of rotatable bonds is 6. The predicted molar refractivity (Wildman–Crippen MR) is 75.7 cm³/mol. The molecule has 0 aromatic heterocycles. The molecule has 0 spiro atoms. The van der Waals surface area contributed by atoms with Gasteiger partial charge in [-0.1, -0.05) is 20.8 Å². The lowest BCUT2D eigenvalue weighted by Gasteiger charge is -2.31. The summed E-state index contributed by atoms with van der Waals surface area (Å²) in [6.07, 6.45) is 5.33. The molecule has 1 atom stereocenters. The lowest BCUT2D eigenvalue weighted by molar-refractivity contribution is -0.147. The van der Waals surface area contributed by atoms with E-state index in [1.807, 2.05) is 0 Å². The largest absolute Gasteiger partial charge is 0.469 e. The maximum Gasteiger partial charge on any atom is 0.308 e. The van der Waals surface area contributed by atoms with Crippen LogP contribution in [-0.4, -0.2) is 18.9 Å². The van der Waals surface area contributed by atoms with E-state index < -0.39 is 0 Å². The first-order chi connectivity index (χ1) is 8.93. The van der Waals surface area contributed by atoms with Crippen LogP contribution in [0.4, 0.5) is 0 Å². The van der Waals surface area contributed by atoms with E-state index in [1.54, 1.807) is 0 Å². The predicted octanol–water partition coefficient (Wildman–Crippen LogP) is 3.61. The van der Waals surface area contributed by atoms with Crippen molar-refractivity contribution in [3.8, 4) is 0 Å². The molecule has 0 bridgehead atoms. The maximum absolute atomic E-state index is 11.9. The van der Waals surface area contributed by atoms with Crippen molar-refractivity contribution in [2.24, 2.45) is 23.7 Å². The van der Waals surface area contributed by atoms with Crippen molar-refractivity contribution in [3.63, 3.8) is 0 Å². The third-order valence-corrected chi connectivity index (χ3v) is 4.30. The molecule has 110 valence electrons. The topological polar surface area (TPSA) is 43.4 Å². The summed E-state index contributed by atoms with van der Waals surface area (Å²) in [4.78, 5) is 23.3. The van der Waals surface area contributed by atoms with Crippen LogP contribution in [0.15, 0.2) is 0 Å². The molecule has 0 amide bonds. The van der Waals surface area contributed by atoms with E-state index in [4.69, 9.17) is 4.74 Å². The van der Waals surface area contributed by atoms with Gasteiger partial charge in [-0.05, 0) is 43.4 Å². The highest BCUT2D eigenvalue weighted by molar-refractivity contribution is 5.78. The third-order valence-electron chi connectivity index (χ3n) is 4.30. The van der Waals surface area contributed by atoms with E-state index in [0.717, 1.165) is 25.7 Å². The fraction of sp³-hybridized carbons (Fsp3) is 0.875. The summed E-state index contributed by atoms with van der Waals surface area (Å²) in [5.41, 5.74) is 0. The van der Waals surface area contributed by atoms with Crippen molar-refractivity contribution in [1.82, 2.24) is 0 Å². The van der Waals surface area contributed by atoms with Gasteiger partial charge < -0.3 is 4.74 Å². The van der Waals surface area contributed by atoms with Crippen molar-refractivity contribution >= 4 is 11.8 Å². The number of hydrogen-bond acceptors (Lipinski definition) is 3. The first kappa shape index (κ1) is 16.2. The smallest absolute Gasteiger partial charge is 0.308 e. The lowest BCUT2D eigenvalue weighted by atomic mass is 9.74. The van der Waals surface area contributed by atoms with Crippen LogP contribution in [0.2, 0.25) is 0 Å². The van der Waals surface area contributed by atoms with Gasteiger partial charge in [0, 0.05) is 12.8 Å². The third kappa shape index (κ3) is 5.33. The highest BCUT2D eigenvalue weighted by atomic mass is 16.5. The molecular formula is C16H28O3. The monoisotopic (exact) mass is 268 g/mol. The van der Waals surface area contributed by atoms with Crippen LogP contribution in [0.3, 0.4) is 0 Å². The van der Waals surface area contributed by atoms with Gasteiger partial charge in [-0.2, -0.15) is 0 Å². The molecular weight excluding hydrogens is 240 g/mol. The van der Waals surface area contributed by atoms with Crippen molar-refractivity contribution < 1.29 is 14.3 Å². The number of carbonyl (C=O) groups is 2. The molecule has 0 aromatic carbocycles. The second-order valence-electron chi connectivity index (χ2n) is 6.45. The average molecular weight is 268 g/mol. The van der Waals surface area contributed by atoms with Crippen molar-refractivity contribution in [3.05, 3.63) is 0 Å². The zero-order valence-corrected chi connectivity index (χ0v) is 12.8. The van der Waals surface area contributed by atoms with Crippen LogP contribution in [0.5, 0.6) is 0 Å². The second kappa shape index (κ2) is 7.66. The highest BCUT2D eigenvalue weighted by Crippen LogP contribution is 2.35. The molecule has 1 rings (SSSR count). The van der Waals surface area contributed by atoms with Crippen molar-refractivity contribution in [2.45, 2.75) is 59.3 Å². The van der Waals surface area contributed by atoms with Crippen LogP contribution < -0.4 is 0 Å². The Balaban J connectivity index is 2.34. The Kier molecular flexibility index (Phi) is 6.53. The minimum atomic E-state index is -0.0676. The normalized spacial score (nSPS) is 25.1. The first-order valence-corrected chi connectivity index (χ1v) is 7.53. The Morgan fingerprint density at radius 2 is 1.63 bits per heavy atom. The summed E-state index contributed by atoms with van der Waals surface area (Å²) in [6.45, 7) is 6.36. The molecule has 19 heavy (non-hydrogen) atoms. The number of hydrogen-bond donors (Lipinski definition) is 0. The molecule has 0 radical (unpaired) electrons. The summed E-state index contributed by atoms with van der Waals surface area (Å²) < 4.78 is 4.80. The number of carbonyl (C=O) groups excluding carboxylic acids is 2. The van der Waals surface area contributed by atoms with Crippen molar-refractivity contribution in [1.29, 1.82) is 0 Å². The fourth-order valence-corrected chi connectivity index (χ4v) is 3.16. The number of ether oxygens (including phenoxy) is 1. The molecule has 0 saturated heterocycles. The number of esters is 1. The van der Waals surface area contributed by atoms with E-state index in [-0.39, 0.29) is 11.9 Å². The van der Waals surface area contributed by atoms with E-state index in [1.165, 1.54) is 7.11 Å². The van der Waals surface area contributed by atoms with E-state index in [0.29, 0.717) is 36.4 Å². The first-order valence-electron chi connectivity index (χ1n) is 7.53. The zero-order chi connectivity index (χ0) is 14.4. The Morgan fingerprint density at radius 1 is 1.05 bits per heavy atom. The standard InChI is InChI=1S/C16H28O3/c1-11(2)9-15(17)10-12(3)13-5-7-14(8-6-13)16(18)19-4/h11-14H,5-10H2,1-4H3/t12-,13?,14?/m1/s1. The Morgan fingerprint density at radius 3 is 2.11 bits per heavy atom. The van der Waals surface area contributed by atoms with Crippen LogP contribution in [0.1, 0.15) is 59.3 Å². The van der Waals surface area contributed by atoms with Gasteiger partial charge in [0.25, 0.3) is 0 Å². The summed E-state index contributed by atoms with van der Waals surface area (Å²) in [6, 6.07) is 0. The zero-order valence-electron chi connectivity index (χ0n) is 12.8. The average Bonchev–Trinajstić information content (AvgIpc) is 2.36. The number of Topliss-reactive ketones (excluding diaryl/α,β-unsaturated/α-hetero) is 1. The summed E-state index contributed by atoms with van der Waals surface area (Å²) in [5.74, 6) is 1.90. The van der Waals surface area contributed by atoms with Crippen LogP contribution in [0.25, 0.3) is 0 Å². The number of ketones is 1. The molecule has 0 aliphatic heterocycles. The molecule has 3 heteroatoms. The van der Waals surface area contributed by atoms with E-state index in [9.17, 15) is 9.59 Å². The molecule has 1 fully saturated rings. The van der Waals surface area contributed by atoms with Gasteiger partial charge in [-0.15, -0.1) is 0 Å². The Labute approximate surface area is 117 Å². The molecule has 3 nitrogen and oxygen atoms in total. The van der Waals surface area contributed by atoms with Gasteiger partial charge in [0.2, 0.25) is 0 Å². The molecule has 1 aliphatic carbocycles. The van der Waals surface area contributed by atoms with Gasteiger partial charge in [0.05, 0.1) is 13.0 Å². The molecule has 1 aliphatic rings. The van der Waals surface area contributed by atoms with E-state index >= 15 is 0 Å². The van der Waals surface area contributed by atoms with Crippen LogP contribution in [-0.2, 0) is 14.3 Å². The fourth-order valence-electron chi connectivity index (χ4n) is 3.16. The Hall–Kier alpha value is -0.860. The maximum atomic E-state index is 11.9. The van der Waals surface area contributed by atoms with Gasteiger partial charge in [-0.25, -0.2) is 0 Å². The van der Waals surface area contributed by atoms with Gasteiger partial charge in [0.15, 0.2) is 0 Å². The summed E-state index contributed by atoms with van der Waals surface area (Å²) in [7, 11) is 1.46. The summed E-state index contributed by atoms with van der Waals surface area (Å²) in [5, 5.41) is 0. The highest BCUT2D eigenvalue weighted by Gasteiger charge is 2.30. The minimum Gasteiger partial charge on any atom is -0.469 e. The Bertz CT molecular complexity index is 301. The lowest BCUT2D eigenvalue weighted by Crippen LogP contribution is -2.26. The molecule has 0 aromatic rings.